The number of hydrogen-bond acceptors (Lipinski definition) is 4. The van der Waals surface area contributed by atoms with E-state index in [4.69, 9.17) is 4.42 Å². The smallest absolute Gasteiger partial charge is 0.291 e. The SMILES string of the molecule is Cc1c(C(=O)Nc2cccc(CN(C)C)c2)oc2c1C(=O)CC(C)(C)C2. The summed E-state index contributed by atoms with van der Waals surface area (Å²) in [6.07, 6.45) is 1.15. The first-order valence-electron chi connectivity index (χ1n) is 8.87. The zero-order valence-corrected chi connectivity index (χ0v) is 16.1. The number of fused-ring (bicyclic) bond motifs is 1. The zero-order valence-electron chi connectivity index (χ0n) is 16.1. The molecule has 0 fully saturated rings. The minimum atomic E-state index is -0.315. The maximum absolute atomic E-state index is 12.7. The number of anilines is 1. The maximum Gasteiger partial charge on any atom is 0.291 e. The Bertz CT molecular complexity index is 862. The predicted molar refractivity (Wildman–Crippen MR) is 102 cm³/mol. The van der Waals surface area contributed by atoms with E-state index in [1.165, 1.54) is 0 Å². The van der Waals surface area contributed by atoms with Gasteiger partial charge in [0, 0.05) is 30.6 Å². The van der Waals surface area contributed by atoms with Crippen molar-refractivity contribution < 1.29 is 14.0 Å². The van der Waals surface area contributed by atoms with Crippen molar-refractivity contribution in [2.24, 2.45) is 5.41 Å². The lowest BCUT2D eigenvalue weighted by Gasteiger charge is -2.27. The summed E-state index contributed by atoms with van der Waals surface area (Å²) in [7, 11) is 4.00. The van der Waals surface area contributed by atoms with E-state index in [-0.39, 0.29) is 22.9 Å². The monoisotopic (exact) mass is 354 g/mol. The first-order valence-corrected chi connectivity index (χ1v) is 8.87. The number of nitrogens with zero attached hydrogens (tertiary/aromatic N) is 1. The number of amides is 1. The quantitative estimate of drug-likeness (QED) is 0.899. The fourth-order valence-corrected chi connectivity index (χ4v) is 3.60. The Morgan fingerprint density at radius 2 is 2.00 bits per heavy atom. The van der Waals surface area contributed by atoms with Gasteiger partial charge in [0.05, 0.1) is 5.56 Å². The predicted octanol–water partition coefficient (Wildman–Crippen LogP) is 4.06. The molecule has 1 amide bonds. The summed E-state index contributed by atoms with van der Waals surface area (Å²) in [5.74, 6) is 0.614. The van der Waals surface area contributed by atoms with Crippen LogP contribution in [0.15, 0.2) is 28.7 Å². The molecule has 0 saturated carbocycles. The number of Topliss-reactive ketones (excluding diaryl/α,β-unsaturated/α-hetero) is 1. The van der Waals surface area contributed by atoms with Gasteiger partial charge in [0.2, 0.25) is 0 Å². The molecular weight excluding hydrogens is 328 g/mol. The number of carbonyl (C=O) groups excluding carboxylic acids is 2. The van der Waals surface area contributed by atoms with Crippen molar-refractivity contribution in [3.8, 4) is 0 Å². The average Bonchev–Trinajstić information content (AvgIpc) is 2.82. The summed E-state index contributed by atoms with van der Waals surface area (Å²) in [4.78, 5) is 27.3. The van der Waals surface area contributed by atoms with Crippen molar-refractivity contribution >= 4 is 17.4 Å². The highest BCUT2D eigenvalue weighted by molar-refractivity contribution is 6.07. The van der Waals surface area contributed by atoms with Crippen LogP contribution in [0.3, 0.4) is 0 Å². The van der Waals surface area contributed by atoms with Crippen LogP contribution in [0, 0.1) is 12.3 Å². The molecule has 0 saturated heterocycles. The second-order valence-electron chi connectivity index (χ2n) is 8.19. The van der Waals surface area contributed by atoms with Gasteiger partial charge in [-0.15, -0.1) is 0 Å². The molecule has 0 atom stereocenters. The number of hydrogen-bond donors (Lipinski definition) is 1. The number of carbonyl (C=O) groups is 2. The van der Waals surface area contributed by atoms with Crippen LogP contribution in [0.25, 0.3) is 0 Å². The Balaban J connectivity index is 1.85. The van der Waals surface area contributed by atoms with Crippen LogP contribution in [0.5, 0.6) is 0 Å². The molecule has 1 N–H and O–H groups in total. The third-order valence-corrected chi connectivity index (χ3v) is 4.67. The third-order valence-electron chi connectivity index (χ3n) is 4.67. The van der Waals surface area contributed by atoms with Gasteiger partial charge in [-0.05, 0) is 44.1 Å². The van der Waals surface area contributed by atoms with Gasteiger partial charge in [-0.1, -0.05) is 26.0 Å². The molecule has 0 bridgehead atoms. The Kier molecular flexibility index (Phi) is 4.76. The lowest BCUT2D eigenvalue weighted by Crippen LogP contribution is -2.26. The largest absolute Gasteiger partial charge is 0.455 e. The molecule has 1 aliphatic carbocycles. The highest BCUT2D eigenvalue weighted by atomic mass is 16.4. The van der Waals surface area contributed by atoms with Crippen LogP contribution in [-0.4, -0.2) is 30.7 Å². The average molecular weight is 354 g/mol. The van der Waals surface area contributed by atoms with E-state index >= 15 is 0 Å². The Labute approximate surface area is 154 Å². The van der Waals surface area contributed by atoms with Crippen molar-refractivity contribution in [3.63, 3.8) is 0 Å². The number of benzene rings is 1. The molecule has 5 heteroatoms. The molecule has 1 heterocycles. The minimum Gasteiger partial charge on any atom is -0.455 e. The normalized spacial score (nSPS) is 15.8. The second kappa shape index (κ2) is 6.72. The van der Waals surface area contributed by atoms with Gasteiger partial charge in [0.15, 0.2) is 11.5 Å². The second-order valence-corrected chi connectivity index (χ2v) is 8.19. The number of nitrogens with one attached hydrogen (secondary N) is 1. The lowest BCUT2D eigenvalue weighted by atomic mass is 9.76. The van der Waals surface area contributed by atoms with E-state index in [1.807, 2.05) is 52.2 Å². The van der Waals surface area contributed by atoms with Gasteiger partial charge >= 0.3 is 0 Å². The van der Waals surface area contributed by atoms with Crippen molar-refractivity contribution in [2.45, 2.75) is 40.2 Å². The zero-order chi connectivity index (χ0) is 19.1. The van der Waals surface area contributed by atoms with Gasteiger partial charge < -0.3 is 14.6 Å². The number of ketones is 1. The molecule has 0 radical (unpaired) electrons. The van der Waals surface area contributed by atoms with E-state index in [1.54, 1.807) is 6.92 Å². The van der Waals surface area contributed by atoms with Crippen LogP contribution >= 0.6 is 0 Å². The summed E-state index contributed by atoms with van der Waals surface area (Å²) in [5.41, 5.74) is 2.93. The topological polar surface area (TPSA) is 62.6 Å². The van der Waals surface area contributed by atoms with E-state index in [0.717, 1.165) is 17.8 Å². The number of furan rings is 1. The summed E-state index contributed by atoms with van der Waals surface area (Å²) in [6, 6.07) is 7.74. The molecule has 0 spiro atoms. The summed E-state index contributed by atoms with van der Waals surface area (Å²) in [6.45, 7) is 6.67. The van der Waals surface area contributed by atoms with E-state index in [0.29, 0.717) is 29.7 Å². The molecule has 138 valence electrons. The van der Waals surface area contributed by atoms with E-state index in [9.17, 15) is 9.59 Å². The molecule has 0 aliphatic heterocycles. The lowest BCUT2D eigenvalue weighted by molar-refractivity contribution is 0.0898. The van der Waals surface area contributed by atoms with Gasteiger partial charge in [0.1, 0.15) is 5.76 Å². The van der Waals surface area contributed by atoms with Gasteiger partial charge in [-0.2, -0.15) is 0 Å². The van der Waals surface area contributed by atoms with Crippen molar-refractivity contribution in [2.75, 3.05) is 19.4 Å². The van der Waals surface area contributed by atoms with E-state index < -0.39 is 0 Å². The highest BCUT2D eigenvalue weighted by Gasteiger charge is 2.37. The third kappa shape index (κ3) is 3.73. The van der Waals surface area contributed by atoms with Crippen LogP contribution in [0.2, 0.25) is 0 Å². The fourth-order valence-electron chi connectivity index (χ4n) is 3.60. The summed E-state index contributed by atoms with van der Waals surface area (Å²) in [5, 5.41) is 2.89. The molecule has 3 rings (SSSR count). The molecule has 0 unspecified atom stereocenters. The molecule has 1 aromatic carbocycles. The number of rotatable bonds is 4. The molecule has 1 aromatic heterocycles. The first kappa shape index (κ1) is 18.4. The standard InChI is InChI=1S/C21H26N2O3/c1-13-18-16(24)10-21(2,3)11-17(18)26-19(13)20(25)22-15-8-6-7-14(9-15)12-23(4)5/h6-9H,10-12H2,1-5H3,(H,22,25). The summed E-state index contributed by atoms with van der Waals surface area (Å²) < 4.78 is 5.83. The van der Waals surface area contributed by atoms with Gasteiger partial charge in [0.25, 0.3) is 5.91 Å². The fraction of sp³-hybridized carbons (Fsp3) is 0.429. The Hall–Kier alpha value is -2.40. The Morgan fingerprint density at radius 1 is 1.27 bits per heavy atom. The molecule has 5 nitrogen and oxygen atoms in total. The van der Waals surface area contributed by atoms with Crippen LogP contribution in [0.4, 0.5) is 5.69 Å². The minimum absolute atomic E-state index is 0.0598. The maximum atomic E-state index is 12.7. The molecular formula is C21H26N2O3. The molecule has 1 aliphatic rings. The summed E-state index contributed by atoms with van der Waals surface area (Å²) >= 11 is 0. The van der Waals surface area contributed by atoms with E-state index in [2.05, 4.69) is 10.2 Å². The van der Waals surface area contributed by atoms with Crippen molar-refractivity contribution in [1.29, 1.82) is 0 Å². The Morgan fingerprint density at radius 3 is 2.69 bits per heavy atom. The van der Waals surface area contributed by atoms with Crippen LogP contribution in [-0.2, 0) is 13.0 Å². The molecule has 2 aromatic rings. The van der Waals surface area contributed by atoms with Crippen molar-refractivity contribution in [3.05, 3.63) is 52.5 Å². The first-order chi connectivity index (χ1) is 12.2. The van der Waals surface area contributed by atoms with Crippen molar-refractivity contribution in [1.82, 2.24) is 4.90 Å². The highest BCUT2D eigenvalue weighted by Crippen LogP contribution is 2.38. The van der Waals surface area contributed by atoms with Crippen LogP contribution in [0.1, 0.15) is 58.1 Å². The van der Waals surface area contributed by atoms with Gasteiger partial charge in [-0.25, -0.2) is 0 Å². The molecule has 26 heavy (non-hydrogen) atoms. The van der Waals surface area contributed by atoms with Gasteiger partial charge in [-0.3, -0.25) is 9.59 Å². The van der Waals surface area contributed by atoms with Crippen LogP contribution < -0.4 is 5.32 Å².